The number of anilines is 1. The average molecular weight is 444 g/mol. The Hall–Kier alpha value is -2.99. The van der Waals surface area contributed by atoms with Gasteiger partial charge in [-0.15, -0.1) is 0 Å². The highest BCUT2D eigenvalue weighted by Crippen LogP contribution is 2.29. The van der Waals surface area contributed by atoms with Gasteiger partial charge in [0.05, 0.1) is 12.1 Å². The third-order valence-corrected chi connectivity index (χ3v) is 7.09. The first-order valence-electron chi connectivity index (χ1n) is 12.2. The largest absolute Gasteiger partial charge is 0.354 e. The maximum Gasteiger partial charge on any atom is 0.219 e. The first-order chi connectivity index (χ1) is 16.2. The molecule has 6 nitrogen and oxygen atoms in total. The molecule has 2 aromatic carbocycles. The molecule has 6 heteroatoms. The zero-order chi connectivity index (χ0) is 22.6. The monoisotopic (exact) mass is 443 g/mol. The summed E-state index contributed by atoms with van der Waals surface area (Å²) in [6.07, 6.45) is 3.31. The van der Waals surface area contributed by atoms with E-state index < -0.39 is 0 Å². The maximum atomic E-state index is 11.9. The van der Waals surface area contributed by atoms with Gasteiger partial charge >= 0.3 is 0 Å². The summed E-state index contributed by atoms with van der Waals surface area (Å²) in [5.41, 5.74) is 2.46. The lowest BCUT2D eigenvalue weighted by Gasteiger charge is -2.32. The summed E-state index contributed by atoms with van der Waals surface area (Å²) in [4.78, 5) is 28.7. The number of benzene rings is 2. The van der Waals surface area contributed by atoms with Crippen LogP contribution in [0.3, 0.4) is 0 Å². The van der Waals surface area contributed by atoms with Gasteiger partial charge in [-0.3, -0.25) is 9.69 Å². The number of hydrogen-bond donors (Lipinski definition) is 0. The number of amides is 1. The van der Waals surface area contributed by atoms with E-state index in [1.54, 1.807) is 6.92 Å². The Morgan fingerprint density at radius 3 is 2.42 bits per heavy atom. The molecule has 0 radical (unpaired) electrons. The van der Waals surface area contributed by atoms with Crippen LogP contribution < -0.4 is 4.90 Å². The van der Waals surface area contributed by atoms with E-state index in [9.17, 15) is 4.79 Å². The molecule has 0 unspecified atom stereocenters. The van der Waals surface area contributed by atoms with E-state index in [0.29, 0.717) is 5.92 Å². The molecule has 0 aliphatic carbocycles. The molecule has 0 spiro atoms. The summed E-state index contributed by atoms with van der Waals surface area (Å²) >= 11 is 0. The number of carbonyl (C=O) groups is 1. The molecule has 5 rings (SSSR count). The van der Waals surface area contributed by atoms with Crippen LogP contribution in [0.1, 0.15) is 43.5 Å². The van der Waals surface area contributed by atoms with Crippen LogP contribution >= 0.6 is 0 Å². The van der Waals surface area contributed by atoms with Crippen molar-refractivity contribution in [1.82, 2.24) is 19.8 Å². The fourth-order valence-electron chi connectivity index (χ4n) is 5.21. The van der Waals surface area contributed by atoms with Crippen LogP contribution in [0.2, 0.25) is 0 Å². The molecule has 2 aliphatic rings. The van der Waals surface area contributed by atoms with E-state index >= 15 is 0 Å². The minimum absolute atomic E-state index is 0.156. The SMILES string of the molecule is CC(=O)N1CCCN(c2nc(CN3CCC(c4ccccc4)CC3)nc3ccccc23)CC1. The molecule has 172 valence electrons. The number of nitrogens with zero attached hydrogens (tertiary/aromatic N) is 5. The van der Waals surface area contributed by atoms with Crippen LogP contribution in [0, 0.1) is 0 Å². The van der Waals surface area contributed by atoms with E-state index in [1.165, 1.54) is 18.4 Å². The summed E-state index contributed by atoms with van der Waals surface area (Å²) in [5, 5.41) is 1.10. The van der Waals surface area contributed by atoms with Crippen molar-refractivity contribution in [2.45, 2.75) is 38.6 Å². The van der Waals surface area contributed by atoms with Crippen molar-refractivity contribution in [2.24, 2.45) is 0 Å². The smallest absolute Gasteiger partial charge is 0.219 e. The first kappa shape index (κ1) is 21.8. The molecule has 0 saturated carbocycles. The van der Waals surface area contributed by atoms with Gasteiger partial charge in [0.25, 0.3) is 0 Å². The van der Waals surface area contributed by atoms with Crippen LogP contribution in [0.4, 0.5) is 5.82 Å². The zero-order valence-corrected chi connectivity index (χ0v) is 19.5. The van der Waals surface area contributed by atoms with Crippen molar-refractivity contribution in [3.63, 3.8) is 0 Å². The third kappa shape index (κ3) is 5.01. The van der Waals surface area contributed by atoms with Gasteiger partial charge in [-0.1, -0.05) is 42.5 Å². The average Bonchev–Trinajstić information content (AvgIpc) is 3.11. The normalized spacial score (nSPS) is 18.5. The Labute approximate surface area is 196 Å². The Morgan fingerprint density at radius 1 is 0.879 bits per heavy atom. The number of rotatable bonds is 4. The number of aromatic nitrogens is 2. The molecule has 2 aliphatic heterocycles. The second kappa shape index (κ2) is 9.87. The van der Waals surface area contributed by atoms with Gasteiger partial charge in [0.1, 0.15) is 11.6 Å². The number of piperidine rings is 1. The highest BCUT2D eigenvalue weighted by Gasteiger charge is 2.23. The van der Waals surface area contributed by atoms with Crippen molar-refractivity contribution >= 4 is 22.6 Å². The molecule has 0 N–H and O–H groups in total. The molecule has 0 bridgehead atoms. The lowest BCUT2D eigenvalue weighted by Crippen LogP contribution is -2.35. The van der Waals surface area contributed by atoms with Crippen molar-refractivity contribution in [1.29, 1.82) is 0 Å². The lowest BCUT2D eigenvalue weighted by molar-refractivity contribution is -0.128. The van der Waals surface area contributed by atoms with Crippen LogP contribution in [-0.4, -0.2) is 64.9 Å². The number of likely N-dealkylation sites (tertiary alicyclic amines) is 1. The molecule has 3 aromatic rings. The van der Waals surface area contributed by atoms with E-state index in [1.807, 2.05) is 11.0 Å². The van der Waals surface area contributed by atoms with Gasteiger partial charge in [0.2, 0.25) is 5.91 Å². The minimum Gasteiger partial charge on any atom is -0.354 e. The second-order valence-electron chi connectivity index (χ2n) is 9.29. The van der Waals surface area contributed by atoms with Gasteiger partial charge < -0.3 is 9.80 Å². The van der Waals surface area contributed by atoms with Crippen LogP contribution in [0.5, 0.6) is 0 Å². The predicted molar refractivity (Wildman–Crippen MR) is 132 cm³/mol. The molecular formula is C27H33N5O. The fraction of sp³-hybridized carbons (Fsp3) is 0.444. The standard InChI is InChI=1S/C27H33N5O/c1-21(33)31-14-7-15-32(19-18-31)27-24-10-5-6-11-25(24)28-26(29-27)20-30-16-12-23(13-17-30)22-8-3-2-4-9-22/h2-6,8-11,23H,7,12-20H2,1H3. The van der Waals surface area contributed by atoms with Gasteiger partial charge in [0, 0.05) is 38.5 Å². The van der Waals surface area contributed by atoms with Gasteiger partial charge in [-0.2, -0.15) is 0 Å². The quantitative estimate of drug-likeness (QED) is 0.609. The van der Waals surface area contributed by atoms with E-state index in [2.05, 4.69) is 58.3 Å². The second-order valence-corrected chi connectivity index (χ2v) is 9.29. The van der Waals surface area contributed by atoms with E-state index in [4.69, 9.17) is 9.97 Å². The van der Waals surface area contributed by atoms with E-state index in [0.717, 1.165) is 74.8 Å². The van der Waals surface area contributed by atoms with Gasteiger partial charge in [-0.05, 0) is 56.0 Å². The molecule has 3 heterocycles. The summed E-state index contributed by atoms with van der Waals surface area (Å²) in [6, 6.07) is 19.2. The van der Waals surface area contributed by atoms with Crippen molar-refractivity contribution < 1.29 is 4.79 Å². The number of para-hydroxylation sites is 1. The molecule has 2 fully saturated rings. The number of carbonyl (C=O) groups excluding carboxylic acids is 1. The number of fused-ring (bicyclic) bond motifs is 1. The summed E-state index contributed by atoms with van der Waals surface area (Å²) in [7, 11) is 0. The Balaban J connectivity index is 1.33. The fourth-order valence-corrected chi connectivity index (χ4v) is 5.21. The molecule has 33 heavy (non-hydrogen) atoms. The maximum absolute atomic E-state index is 11.9. The van der Waals surface area contributed by atoms with Crippen LogP contribution in [0.25, 0.3) is 10.9 Å². The number of hydrogen-bond acceptors (Lipinski definition) is 5. The molecule has 2 saturated heterocycles. The zero-order valence-electron chi connectivity index (χ0n) is 19.5. The Morgan fingerprint density at radius 2 is 1.64 bits per heavy atom. The molecule has 0 atom stereocenters. The Kier molecular flexibility index (Phi) is 6.53. The predicted octanol–water partition coefficient (Wildman–Crippen LogP) is 4.07. The van der Waals surface area contributed by atoms with Crippen molar-refractivity contribution in [2.75, 3.05) is 44.2 Å². The molecule has 1 aromatic heterocycles. The topological polar surface area (TPSA) is 52.6 Å². The molecular weight excluding hydrogens is 410 g/mol. The lowest BCUT2D eigenvalue weighted by atomic mass is 9.89. The first-order valence-corrected chi connectivity index (χ1v) is 12.2. The third-order valence-electron chi connectivity index (χ3n) is 7.09. The van der Waals surface area contributed by atoms with Gasteiger partial charge in [-0.25, -0.2) is 9.97 Å². The highest BCUT2D eigenvalue weighted by atomic mass is 16.2. The van der Waals surface area contributed by atoms with Crippen LogP contribution in [0.15, 0.2) is 54.6 Å². The van der Waals surface area contributed by atoms with Gasteiger partial charge in [0.15, 0.2) is 0 Å². The summed E-state index contributed by atoms with van der Waals surface area (Å²) in [5.74, 6) is 2.72. The molecule has 1 amide bonds. The van der Waals surface area contributed by atoms with Crippen molar-refractivity contribution in [3.05, 3.63) is 66.0 Å². The minimum atomic E-state index is 0.156. The summed E-state index contributed by atoms with van der Waals surface area (Å²) < 4.78 is 0. The van der Waals surface area contributed by atoms with E-state index in [-0.39, 0.29) is 5.91 Å². The van der Waals surface area contributed by atoms with Crippen LogP contribution in [-0.2, 0) is 11.3 Å². The Bertz CT molecular complexity index is 1090. The highest BCUT2D eigenvalue weighted by molar-refractivity contribution is 5.89. The summed E-state index contributed by atoms with van der Waals surface area (Å²) in [6.45, 7) is 7.87. The van der Waals surface area contributed by atoms with Crippen molar-refractivity contribution in [3.8, 4) is 0 Å².